The van der Waals surface area contributed by atoms with E-state index in [0.717, 1.165) is 31.4 Å². The van der Waals surface area contributed by atoms with Crippen molar-refractivity contribution < 1.29 is 17.9 Å². The molecule has 2 fully saturated rings. The SMILES string of the molecule is COc1cccc(S(=O)(=O)N2CCCC(C(=O)N3CCCC3c3ccccc3)C2)c1. The van der Waals surface area contributed by atoms with Crippen LogP contribution in [0.15, 0.2) is 59.5 Å². The first-order valence-corrected chi connectivity index (χ1v) is 11.9. The van der Waals surface area contributed by atoms with Crippen molar-refractivity contribution in [2.75, 3.05) is 26.7 Å². The van der Waals surface area contributed by atoms with Crippen LogP contribution in [0.3, 0.4) is 0 Å². The van der Waals surface area contributed by atoms with E-state index in [1.54, 1.807) is 18.2 Å². The lowest BCUT2D eigenvalue weighted by molar-refractivity contribution is -0.137. The summed E-state index contributed by atoms with van der Waals surface area (Å²) in [6.45, 7) is 1.40. The maximum atomic E-state index is 13.4. The molecule has 0 saturated carbocycles. The van der Waals surface area contributed by atoms with Crippen LogP contribution < -0.4 is 4.74 Å². The third-order valence-corrected chi connectivity index (χ3v) is 7.99. The van der Waals surface area contributed by atoms with Crippen LogP contribution >= 0.6 is 0 Å². The second-order valence-electron chi connectivity index (χ2n) is 7.98. The first-order valence-electron chi connectivity index (χ1n) is 10.5. The lowest BCUT2D eigenvalue weighted by atomic mass is 9.96. The van der Waals surface area contributed by atoms with Crippen molar-refractivity contribution in [2.24, 2.45) is 5.92 Å². The Bertz CT molecular complexity index is 993. The molecule has 2 unspecified atom stereocenters. The van der Waals surface area contributed by atoms with Gasteiger partial charge in [0.1, 0.15) is 5.75 Å². The van der Waals surface area contributed by atoms with E-state index < -0.39 is 10.0 Å². The average Bonchev–Trinajstić information content (AvgIpc) is 3.29. The number of benzene rings is 2. The molecule has 2 heterocycles. The molecule has 2 aliphatic rings. The molecule has 0 N–H and O–H groups in total. The Morgan fingerprint density at radius 3 is 2.53 bits per heavy atom. The summed E-state index contributed by atoms with van der Waals surface area (Å²) in [7, 11) is -2.15. The molecular formula is C23H28N2O4S. The van der Waals surface area contributed by atoms with Crippen LogP contribution in [0.5, 0.6) is 5.75 Å². The molecule has 4 rings (SSSR count). The third-order valence-electron chi connectivity index (χ3n) is 6.13. The van der Waals surface area contributed by atoms with E-state index in [4.69, 9.17) is 4.74 Å². The summed E-state index contributed by atoms with van der Waals surface area (Å²) >= 11 is 0. The minimum absolute atomic E-state index is 0.0758. The van der Waals surface area contributed by atoms with Crippen molar-refractivity contribution in [3.8, 4) is 5.75 Å². The van der Waals surface area contributed by atoms with Gasteiger partial charge in [0.2, 0.25) is 15.9 Å². The van der Waals surface area contributed by atoms with E-state index in [-0.39, 0.29) is 29.3 Å². The van der Waals surface area contributed by atoms with Gasteiger partial charge in [-0.2, -0.15) is 4.31 Å². The molecular weight excluding hydrogens is 400 g/mol. The predicted octanol–water partition coefficient (Wildman–Crippen LogP) is 3.46. The summed E-state index contributed by atoms with van der Waals surface area (Å²) in [5.74, 6) is 0.277. The highest BCUT2D eigenvalue weighted by atomic mass is 32.2. The Hall–Kier alpha value is -2.38. The number of methoxy groups -OCH3 is 1. The predicted molar refractivity (Wildman–Crippen MR) is 115 cm³/mol. The summed E-state index contributed by atoms with van der Waals surface area (Å²) in [4.78, 5) is 15.5. The highest BCUT2D eigenvalue weighted by Crippen LogP contribution is 2.35. The van der Waals surface area contributed by atoms with Crippen LogP contribution in [0.4, 0.5) is 0 Å². The molecule has 2 aromatic carbocycles. The largest absolute Gasteiger partial charge is 0.497 e. The van der Waals surface area contributed by atoms with Crippen LogP contribution in [0.25, 0.3) is 0 Å². The molecule has 0 aromatic heterocycles. The number of carbonyl (C=O) groups excluding carboxylic acids is 1. The normalized spacial score (nSPS) is 22.8. The van der Waals surface area contributed by atoms with E-state index in [1.807, 2.05) is 23.1 Å². The zero-order valence-corrected chi connectivity index (χ0v) is 18.1. The van der Waals surface area contributed by atoms with E-state index >= 15 is 0 Å². The van der Waals surface area contributed by atoms with E-state index in [0.29, 0.717) is 18.7 Å². The van der Waals surface area contributed by atoms with Crippen LogP contribution in [-0.2, 0) is 14.8 Å². The monoisotopic (exact) mass is 428 g/mol. The fourth-order valence-electron chi connectivity index (χ4n) is 4.56. The summed E-state index contributed by atoms with van der Waals surface area (Å²) in [6.07, 6.45) is 3.34. The number of sulfonamides is 1. The average molecular weight is 429 g/mol. The summed E-state index contributed by atoms with van der Waals surface area (Å²) in [5.41, 5.74) is 1.15. The van der Waals surface area contributed by atoms with Crippen molar-refractivity contribution in [3.63, 3.8) is 0 Å². The quantitative estimate of drug-likeness (QED) is 0.732. The molecule has 2 aromatic rings. The van der Waals surface area contributed by atoms with Crippen LogP contribution in [0.2, 0.25) is 0 Å². The van der Waals surface area contributed by atoms with Gasteiger partial charge in [0.05, 0.1) is 24.0 Å². The Kier molecular flexibility index (Phi) is 6.11. The minimum Gasteiger partial charge on any atom is -0.497 e. The number of likely N-dealkylation sites (tertiary alicyclic amines) is 1. The molecule has 160 valence electrons. The fraction of sp³-hybridized carbons (Fsp3) is 0.435. The molecule has 0 bridgehead atoms. The van der Waals surface area contributed by atoms with Crippen molar-refractivity contribution in [2.45, 2.75) is 36.6 Å². The van der Waals surface area contributed by atoms with E-state index in [9.17, 15) is 13.2 Å². The zero-order valence-electron chi connectivity index (χ0n) is 17.2. The van der Waals surface area contributed by atoms with Gasteiger partial charge in [-0.3, -0.25) is 4.79 Å². The van der Waals surface area contributed by atoms with E-state index in [1.165, 1.54) is 17.5 Å². The number of hydrogen-bond acceptors (Lipinski definition) is 4. The number of nitrogens with zero attached hydrogens (tertiary/aromatic N) is 2. The van der Waals surface area contributed by atoms with Gasteiger partial charge in [-0.15, -0.1) is 0 Å². The van der Waals surface area contributed by atoms with Crippen molar-refractivity contribution >= 4 is 15.9 Å². The van der Waals surface area contributed by atoms with Crippen LogP contribution in [0.1, 0.15) is 37.3 Å². The summed E-state index contributed by atoms with van der Waals surface area (Å²) in [5, 5.41) is 0. The molecule has 0 radical (unpaired) electrons. The lowest BCUT2D eigenvalue weighted by Gasteiger charge is -2.35. The van der Waals surface area contributed by atoms with Crippen molar-refractivity contribution in [1.29, 1.82) is 0 Å². The van der Waals surface area contributed by atoms with Gasteiger partial charge in [0, 0.05) is 25.7 Å². The maximum absolute atomic E-state index is 13.4. The summed E-state index contributed by atoms with van der Waals surface area (Å²) in [6, 6.07) is 16.7. The Labute approximate surface area is 178 Å². The second kappa shape index (κ2) is 8.78. The number of piperidine rings is 1. The Morgan fingerprint density at radius 2 is 1.77 bits per heavy atom. The third kappa shape index (κ3) is 4.09. The molecule has 30 heavy (non-hydrogen) atoms. The van der Waals surface area contributed by atoms with Crippen LogP contribution in [-0.4, -0.2) is 50.3 Å². The van der Waals surface area contributed by atoms with E-state index in [2.05, 4.69) is 12.1 Å². The summed E-state index contributed by atoms with van der Waals surface area (Å²) < 4.78 is 33.0. The molecule has 7 heteroatoms. The molecule has 2 aliphatic heterocycles. The van der Waals surface area contributed by atoms with Gasteiger partial charge in [0.25, 0.3) is 0 Å². The molecule has 0 spiro atoms. The number of amides is 1. The highest BCUT2D eigenvalue weighted by Gasteiger charge is 2.38. The van der Waals surface area contributed by atoms with Gasteiger partial charge < -0.3 is 9.64 Å². The minimum atomic E-state index is -3.67. The smallest absolute Gasteiger partial charge is 0.243 e. The fourth-order valence-corrected chi connectivity index (χ4v) is 6.12. The standard InChI is InChI=1S/C23H28N2O4S/c1-29-20-11-5-12-21(16-20)30(27,28)24-14-6-10-19(17-24)23(26)25-15-7-13-22(25)18-8-3-2-4-9-18/h2-5,8-9,11-12,16,19,22H,6-7,10,13-15,17H2,1H3. The molecule has 0 aliphatic carbocycles. The first-order chi connectivity index (χ1) is 14.5. The molecule has 2 saturated heterocycles. The van der Waals surface area contributed by atoms with Gasteiger partial charge in [-0.1, -0.05) is 36.4 Å². The molecule has 2 atom stereocenters. The molecule has 1 amide bonds. The van der Waals surface area contributed by atoms with Gasteiger partial charge in [-0.05, 0) is 43.4 Å². The number of rotatable bonds is 5. The number of ether oxygens (including phenoxy) is 1. The maximum Gasteiger partial charge on any atom is 0.243 e. The first kappa shape index (κ1) is 20.9. The topological polar surface area (TPSA) is 66.9 Å². The van der Waals surface area contributed by atoms with Crippen LogP contribution in [0, 0.1) is 5.92 Å². The van der Waals surface area contributed by atoms with Crippen molar-refractivity contribution in [3.05, 3.63) is 60.2 Å². The highest BCUT2D eigenvalue weighted by molar-refractivity contribution is 7.89. The van der Waals surface area contributed by atoms with Crippen molar-refractivity contribution in [1.82, 2.24) is 9.21 Å². The number of carbonyl (C=O) groups is 1. The Balaban J connectivity index is 1.51. The van der Waals surface area contributed by atoms with Gasteiger partial charge in [0.15, 0.2) is 0 Å². The van der Waals surface area contributed by atoms with Gasteiger partial charge >= 0.3 is 0 Å². The second-order valence-corrected chi connectivity index (χ2v) is 9.92. The Morgan fingerprint density at radius 1 is 1.00 bits per heavy atom. The number of hydrogen-bond donors (Lipinski definition) is 0. The molecule has 6 nitrogen and oxygen atoms in total. The lowest BCUT2D eigenvalue weighted by Crippen LogP contribution is -2.46. The van der Waals surface area contributed by atoms with Gasteiger partial charge in [-0.25, -0.2) is 8.42 Å². The zero-order chi connectivity index (χ0) is 21.1.